The smallest absolute Gasteiger partial charge is 0.294 e. The molecule has 0 fully saturated rings. The van der Waals surface area contributed by atoms with Crippen molar-refractivity contribution in [2.75, 3.05) is 12.3 Å². The molecule has 0 saturated carbocycles. The third-order valence-electron chi connectivity index (χ3n) is 3.19. The highest BCUT2D eigenvalue weighted by atomic mass is 32.2. The zero-order valence-electron chi connectivity index (χ0n) is 13.9. The molecule has 0 aromatic heterocycles. The molecule has 3 N–H and O–H groups in total. The Hall–Kier alpha value is -2.05. The van der Waals surface area contributed by atoms with E-state index in [9.17, 15) is 8.42 Å². The summed E-state index contributed by atoms with van der Waals surface area (Å²) in [7, 11) is -4.00. The van der Waals surface area contributed by atoms with Gasteiger partial charge in [0.25, 0.3) is 10.1 Å². The van der Waals surface area contributed by atoms with Gasteiger partial charge in [0.2, 0.25) is 0 Å². The van der Waals surface area contributed by atoms with E-state index in [1.165, 1.54) is 31.4 Å². The van der Waals surface area contributed by atoms with Crippen LogP contribution in [0.15, 0.2) is 59.5 Å². The van der Waals surface area contributed by atoms with Gasteiger partial charge in [-0.3, -0.25) is 4.55 Å². The summed E-state index contributed by atoms with van der Waals surface area (Å²) in [6.07, 6.45) is 4.96. The first-order valence-corrected chi connectivity index (χ1v) is 9.38. The zero-order valence-corrected chi connectivity index (χ0v) is 14.7. The van der Waals surface area contributed by atoms with Crippen LogP contribution in [0.25, 0.3) is 0 Å². The molecule has 0 bridgehead atoms. The molecule has 0 heterocycles. The second-order valence-electron chi connectivity index (χ2n) is 5.27. The Bertz CT molecular complexity index is 670. The number of hydrogen-bond acceptors (Lipinski definition) is 4. The van der Waals surface area contributed by atoms with Crippen LogP contribution in [-0.2, 0) is 10.1 Å². The first kappa shape index (κ1) is 20.0. The van der Waals surface area contributed by atoms with Gasteiger partial charge in [0.15, 0.2) is 0 Å². The van der Waals surface area contributed by atoms with Crippen molar-refractivity contribution in [1.82, 2.24) is 0 Å². The third kappa shape index (κ3) is 8.55. The molecule has 0 spiro atoms. The molecule has 0 radical (unpaired) electrons. The molecule has 0 aliphatic carbocycles. The Balaban J connectivity index is 0.000000254. The lowest BCUT2D eigenvalue weighted by molar-refractivity contribution is 0.305. The van der Waals surface area contributed by atoms with E-state index < -0.39 is 10.1 Å². The summed E-state index contributed by atoms with van der Waals surface area (Å²) in [5.41, 5.74) is 6.35. The van der Waals surface area contributed by atoms with Gasteiger partial charge in [-0.25, -0.2) is 0 Å². The van der Waals surface area contributed by atoms with Gasteiger partial charge in [-0.15, -0.1) is 0 Å². The molecule has 0 amide bonds. The van der Waals surface area contributed by atoms with E-state index >= 15 is 0 Å². The van der Waals surface area contributed by atoms with Crippen LogP contribution in [0.5, 0.6) is 5.75 Å². The van der Waals surface area contributed by atoms with E-state index in [1.54, 1.807) is 18.2 Å². The number of nitrogen functional groups attached to an aromatic ring is 1. The van der Waals surface area contributed by atoms with Crippen molar-refractivity contribution in [1.29, 1.82) is 0 Å². The first-order chi connectivity index (χ1) is 11.4. The summed E-state index contributed by atoms with van der Waals surface area (Å²) in [6, 6.07) is 15.0. The van der Waals surface area contributed by atoms with Gasteiger partial charge in [-0.05, 0) is 42.8 Å². The average molecular weight is 351 g/mol. The van der Waals surface area contributed by atoms with Crippen molar-refractivity contribution in [2.24, 2.45) is 0 Å². The zero-order chi connectivity index (χ0) is 17.8. The summed E-state index contributed by atoms with van der Waals surface area (Å²) in [5.74, 6) is 0.913. The molecule has 24 heavy (non-hydrogen) atoms. The molecule has 2 rings (SSSR count). The molecule has 0 saturated heterocycles. The molecule has 0 aliphatic rings. The maximum atomic E-state index is 10.4. The third-order valence-corrected chi connectivity index (χ3v) is 4.06. The molecule has 132 valence electrons. The maximum absolute atomic E-state index is 10.4. The molecule has 2 aromatic carbocycles. The van der Waals surface area contributed by atoms with Crippen LogP contribution in [0, 0.1) is 0 Å². The quantitative estimate of drug-likeness (QED) is 0.444. The highest BCUT2D eigenvalue weighted by molar-refractivity contribution is 7.85. The van der Waals surface area contributed by atoms with Crippen molar-refractivity contribution in [3.63, 3.8) is 0 Å². The van der Waals surface area contributed by atoms with Crippen LogP contribution in [0.1, 0.15) is 32.6 Å². The van der Waals surface area contributed by atoms with Crippen LogP contribution in [0.2, 0.25) is 0 Å². The summed E-state index contributed by atoms with van der Waals surface area (Å²) in [6.45, 7) is 3.02. The SMILES string of the molecule is CCCCCCOc1ccc(N)cc1.O=S(=O)(O)c1ccccc1. The van der Waals surface area contributed by atoms with Gasteiger partial charge in [0.1, 0.15) is 5.75 Å². The van der Waals surface area contributed by atoms with Crippen LogP contribution < -0.4 is 10.5 Å². The van der Waals surface area contributed by atoms with E-state index in [2.05, 4.69) is 6.92 Å². The number of unbranched alkanes of at least 4 members (excludes halogenated alkanes) is 3. The van der Waals surface area contributed by atoms with Gasteiger partial charge in [0, 0.05) is 5.69 Å². The molecule has 0 aliphatic heterocycles. The number of anilines is 1. The van der Waals surface area contributed by atoms with Crippen molar-refractivity contribution < 1.29 is 17.7 Å². The van der Waals surface area contributed by atoms with Gasteiger partial charge < -0.3 is 10.5 Å². The molecule has 0 atom stereocenters. The number of benzene rings is 2. The first-order valence-electron chi connectivity index (χ1n) is 7.94. The Morgan fingerprint density at radius 2 is 1.58 bits per heavy atom. The highest BCUT2D eigenvalue weighted by Gasteiger charge is 2.05. The van der Waals surface area contributed by atoms with Gasteiger partial charge in [-0.2, -0.15) is 8.42 Å². The second-order valence-corrected chi connectivity index (χ2v) is 6.69. The lowest BCUT2D eigenvalue weighted by atomic mass is 10.2. The molecule has 6 heteroatoms. The van der Waals surface area contributed by atoms with Gasteiger partial charge in [-0.1, -0.05) is 44.4 Å². The molecule has 2 aromatic rings. The summed E-state index contributed by atoms with van der Waals surface area (Å²) in [4.78, 5) is -0.0741. The van der Waals surface area contributed by atoms with Crippen molar-refractivity contribution >= 4 is 15.8 Å². The number of hydrogen-bond donors (Lipinski definition) is 2. The molecular weight excluding hydrogens is 326 g/mol. The standard InChI is InChI=1S/C12H19NO.C6H6O3S/c1-2-3-4-5-10-14-12-8-6-11(13)7-9-12;7-10(8,9)6-4-2-1-3-5-6/h6-9H,2-5,10,13H2,1H3;1-5H,(H,7,8,9). The normalized spacial score (nSPS) is 10.6. The maximum Gasteiger partial charge on any atom is 0.294 e. The number of nitrogens with two attached hydrogens (primary N) is 1. The monoisotopic (exact) mass is 351 g/mol. The lowest BCUT2D eigenvalue weighted by Gasteiger charge is -2.05. The topological polar surface area (TPSA) is 89.6 Å². The largest absolute Gasteiger partial charge is 0.494 e. The molecular formula is C18H25NO4S. The molecule has 5 nitrogen and oxygen atoms in total. The fourth-order valence-corrected chi connectivity index (χ4v) is 2.38. The van der Waals surface area contributed by atoms with E-state index in [-0.39, 0.29) is 4.90 Å². The van der Waals surface area contributed by atoms with E-state index in [0.717, 1.165) is 24.5 Å². The lowest BCUT2D eigenvalue weighted by Crippen LogP contribution is -1.97. The fourth-order valence-electron chi connectivity index (χ4n) is 1.88. The summed E-state index contributed by atoms with van der Waals surface area (Å²) < 4.78 is 34.8. The Morgan fingerprint density at radius 1 is 0.958 bits per heavy atom. The van der Waals surface area contributed by atoms with Crippen LogP contribution in [0.4, 0.5) is 5.69 Å². The minimum atomic E-state index is -4.00. The van der Waals surface area contributed by atoms with Gasteiger partial charge >= 0.3 is 0 Å². The Kier molecular flexibility index (Phi) is 8.89. The summed E-state index contributed by atoms with van der Waals surface area (Å²) in [5, 5.41) is 0. The van der Waals surface area contributed by atoms with Gasteiger partial charge in [0.05, 0.1) is 11.5 Å². The fraction of sp³-hybridized carbons (Fsp3) is 0.333. The molecule has 0 unspecified atom stereocenters. The van der Waals surface area contributed by atoms with E-state index in [0.29, 0.717) is 0 Å². The predicted octanol–water partition coefficient (Wildman–Crippen LogP) is 4.16. The van der Waals surface area contributed by atoms with Crippen LogP contribution in [0.3, 0.4) is 0 Å². The highest BCUT2D eigenvalue weighted by Crippen LogP contribution is 2.13. The van der Waals surface area contributed by atoms with Crippen molar-refractivity contribution in [2.45, 2.75) is 37.5 Å². The Morgan fingerprint density at radius 3 is 2.08 bits per heavy atom. The van der Waals surface area contributed by atoms with E-state index in [1.807, 2.05) is 24.3 Å². The Labute approximate surface area is 144 Å². The van der Waals surface area contributed by atoms with Crippen molar-refractivity contribution in [3.05, 3.63) is 54.6 Å². The second kappa shape index (κ2) is 10.7. The van der Waals surface area contributed by atoms with E-state index in [4.69, 9.17) is 15.0 Å². The van der Waals surface area contributed by atoms with Crippen LogP contribution >= 0.6 is 0 Å². The van der Waals surface area contributed by atoms with Crippen molar-refractivity contribution in [3.8, 4) is 5.75 Å². The average Bonchev–Trinajstić information content (AvgIpc) is 2.57. The predicted molar refractivity (Wildman–Crippen MR) is 96.7 cm³/mol. The number of rotatable bonds is 7. The minimum absolute atomic E-state index is 0.0741. The van der Waals surface area contributed by atoms with Crippen LogP contribution in [-0.4, -0.2) is 19.6 Å². The minimum Gasteiger partial charge on any atom is -0.494 e. The summed E-state index contributed by atoms with van der Waals surface area (Å²) >= 11 is 0. The number of ether oxygens (including phenoxy) is 1.